The molecule has 2 saturated carbocycles. The summed E-state index contributed by atoms with van der Waals surface area (Å²) in [6, 6.07) is 11.3. The van der Waals surface area contributed by atoms with Crippen molar-refractivity contribution in [2.45, 2.75) is 70.0 Å². The maximum absolute atomic E-state index is 13.6. The summed E-state index contributed by atoms with van der Waals surface area (Å²) in [5.41, 5.74) is 3.56. The molecule has 1 heterocycles. The van der Waals surface area contributed by atoms with E-state index < -0.39 is 0 Å². The third-order valence-corrected chi connectivity index (χ3v) is 10.6. The van der Waals surface area contributed by atoms with E-state index in [0.717, 1.165) is 63.8 Å². The van der Waals surface area contributed by atoms with Gasteiger partial charge in [-0.15, -0.1) is 0 Å². The molecule has 3 fully saturated rings. The number of likely N-dealkylation sites (tertiary alicyclic amines) is 1. The number of carbonyl (C=O) groups is 2. The molecule has 0 bridgehead atoms. The van der Waals surface area contributed by atoms with E-state index in [9.17, 15) is 9.59 Å². The Balaban J connectivity index is 1.24. The molecule has 1 amide bonds. The van der Waals surface area contributed by atoms with Crippen molar-refractivity contribution in [2.24, 2.45) is 17.3 Å². The van der Waals surface area contributed by atoms with Gasteiger partial charge in [-0.05, 0) is 117 Å². The van der Waals surface area contributed by atoms with Gasteiger partial charge in [-0.25, -0.2) is 4.79 Å². The lowest BCUT2D eigenvalue weighted by atomic mass is 9.54. The predicted molar refractivity (Wildman–Crippen MR) is 160 cm³/mol. The highest BCUT2D eigenvalue weighted by Gasteiger charge is 2.59. The minimum atomic E-state index is -0.338. The third-order valence-electron chi connectivity index (χ3n) is 10.6. The van der Waals surface area contributed by atoms with Gasteiger partial charge < -0.3 is 24.3 Å². The second-order valence-corrected chi connectivity index (χ2v) is 12.8. The first-order valence-electron chi connectivity index (χ1n) is 15.5. The minimum Gasteiger partial charge on any atom is -0.493 e. The predicted octanol–water partition coefficient (Wildman–Crippen LogP) is 5.44. The van der Waals surface area contributed by atoms with Crippen LogP contribution in [0.4, 0.5) is 5.69 Å². The molecule has 8 nitrogen and oxygen atoms in total. The van der Waals surface area contributed by atoms with Crippen molar-refractivity contribution in [2.75, 3.05) is 46.3 Å². The van der Waals surface area contributed by atoms with E-state index in [1.807, 2.05) is 7.11 Å². The number of nitrogens with one attached hydrogen (secondary N) is 1. The highest BCUT2D eigenvalue weighted by atomic mass is 16.5. The van der Waals surface area contributed by atoms with Crippen LogP contribution in [0.25, 0.3) is 0 Å². The van der Waals surface area contributed by atoms with Gasteiger partial charge in [0.15, 0.2) is 11.5 Å². The molecule has 2 aromatic rings. The second kappa shape index (κ2) is 11.9. The minimum absolute atomic E-state index is 0.0319. The van der Waals surface area contributed by atoms with E-state index in [1.165, 1.54) is 11.1 Å². The van der Waals surface area contributed by atoms with Crippen molar-refractivity contribution in [1.29, 1.82) is 0 Å². The average molecular weight is 577 g/mol. The van der Waals surface area contributed by atoms with Crippen molar-refractivity contribution in [1.82, 2.24) is 4.90 Å². The number of anilines is 1. The van der Waals surface area contributed by atoms with Crippen LogP contribution in [0.15, 0.2) is 36.4 Å². The van der Waals surface area contributed by atoms with Crippen LogP contribution in [0.3, 0.4) is 0 Å². The Morgan fingerprint density at radius 3 is 2.38 bits per heavy atom. The summed E-state index contributed by atoms with van der Waals surface area (Å²) in [7, 11) is 5.14. The number of hydrogen-bond acceptors (Lipinski definition) is 7. The number of benzene rings is 2. The van der Waals surface area contributed by atoms with Gasteiger partial charge in [0.25, 0.3) is 0 Å². The van der Waals surface area contributed by atoms with Gasteiger partial charge in [0.1, 0.15) is 6.10 Å². The highest BCUT2D eigenvalue weighted by Crippen LogP contribution is 2.62. The Morgan fingerprint density at radius 2 is 1.69 bits per heavy atom. The van der Waals surface area contributed by atoms with E-state index in [4.69, 9.17) is 18.9 Å². The Labute approximate surface area is 249 Å². The molecule has 3 aliphatic carbocycles. The molecular weight excluding hydrogens is 532 g/mol. The standard InChI is InChI=1S/C34H44N2O6/c1-34-19-29(42-33(38)21-7-10-23(11-8-21)35-31(37)20-36-15-5-6-16-36)32-24(26(34)13-14-30(34)41-4)12-9-22-17-27(39-2)28(40-3)18-25(22)32/h7-8,10-11,17-18,24,26,29-30,32H,5-6,9,12-16,19-20H2,1-4H3,(H,35,37)/t24-,26-,29+,30-,32-,34-/m0/s1. The SMILES string of the molecule is COc1cc2c(cc1OC)[C@@H]1[C@@H](CC2)[C@@H]2CC[C@H](OC)[C@@]2(C)C[C@H]1OC(=O)c1ccc(NC(=O)CN2CCCC2)cc1. The first kappa shape index (κ1) is 29.0. The molecule has 1 N–H and O–H groups in total. The highest BCUT2D eigenvalue weighted by molar-refractivity contribution is 5.94. The first-order valence-corrected chi connectivity index (χ1v) is 15.5. The van der Waals surface area contributed by atoms with Crippen molar-refractivity contribution in [3.8, 4) is 11.5 Å². The third kappa shape index (κ3) is 5.28. The summed E-state index contributed by atoms with van der Waals surface area (Å²) >= 11 is 0. The number of aryl methyl sites for hydroxylation is 1. The second-order valence-electron chi connectivity index (χ2n) is 12.8. The Morgan fingerprint density at radius 1 is 0.976 bits per heavy atom. The van der Waals surface area contributed by atoms with Gasteiger partial charge in [-0.2, -0.15) is 0 Å². The van der Waals surface area contributed by atoms with E-state index in [0.29, 0.717) is 35.4 Å². The van der Waals surface area contributed by atoms with Crippen LogP contribution in [0.2, 0.25) is 0 Å². The molecule has 1 aliphatic heterocycles. The number of amides is 1. The number of nitrogens with zero attached hydrogens (tertiary/aromatic N) is 1. The molecule has 0 spiro atoms. The van der Waals surface area contributed by atoms with Crippen molar-refractivity contribution in [3.63, 3.8) is 0 Å². The summed E-state index contributed by atoms with van der Waals surface area (Å²) in [6.07, 6.45) is 7.07. The molecule has 42 heavy (non-hydrogen) atoms. The number of esters is 1. The number of ether oxygens (including phenoxy) is 4. The maximum Gasteiger partial charge on any atom is 0.338 e. The molecule has 6 rings (SSSR count). The van der Waals surface area contributed by atoms with Gasteiger partial charge in [-0.1, -0.05) is 6.92 Å². The molecule has 0 unspecified atom stereocenters. The Bertz CT molecular complexity index is 1310. The van der Waals surface area contributed by atoms with Gasteiger partial charge in [-0.3, -0.25) is 9.69 Å². The van der Waals surface area contributed by atoms with Crippen LogP contribution in [-0.4, -0.2) is 69.9 Å². The van der Waals surface area contributed by atoms with Crippen molar-refractivity contribution >= 4 is 17.6 Å². The van der Waals surface area contributed by atoms with Crippen LogP contribution < -0.4 is 14.8 Å². The number of methoxy groups -OCH3 is 3. The summed E-state index contributed by atoms with van der Waals surface area (Å²) in [5.74, 6) is 2.05. The summed E-state index contributed by atoms with van der Waals surface area (Å²) in [4.78, 5) is 28.3. The van der Waals surface area contributed by atoms with Crippen LogP contribution >= 0.6 is 0 Å². The van der Waals surface area contributed by atoms with Gasteiger partial charge in [0.05, 0.1) is 32.4 Å². The van der Waals surface area contributed by atoms with Crippen molar-refractivity contribution < 1.29 is 28.5 Å². The van der Waals surface area contributed by atoms with Crippen molar-refractivity contribution in [3.05, 3.63) is 53.1 Å². The zero-order valence-corrected chi connectivity index (χ0v) is 25.3. The number of fused-ring (bicyclic) bond motifs is 5. The van der Waals surface area contributed by atoms with Crippen LogP contribution in [0.1, 0.15) is 72.9 Å². The molecule has 0 radical (unpaired) electrons. The topological polar surface area (TPSA) is 86.3 Å². The lowest BCUT2D eigenvalue weighted by molar-refractivity contribution is -0.117. The Hall–Kier alpha value is -3.10. The summed E-state index contributed by atoms with van der Waals surface area (Å²) in [6.45, 7) is 4.67. The molecule has 2 aromatic carbocycles. The number of hydrogen-bond donors (Lipinski definition) is 1. The van der Waals surface area contributed by atoms with Gasteiger partial charge >= 0.3 is 5.97 Å². The monoisotopic (exact) mass is 576 g/mol. The fourth-order valence-corrected chi connectivity index (χ4v) is 8.64. The fourth-order valence-electron chi connectivity index (χ4n) is 8.64. The molecule has 6 atom stereocenters. The average Bonchev–Trinajstić information content (AvgIpc) is 3.63. The zero-order valence-electron chi connectivity index (χ0n) is 25.3. The normalized spacial score (nSPS) is 30.1. The van der Waals surface area contributed by atoms with Crippen LogP contribution in [-0.2, 0) is 20.7 Å². The molecule has 1 saturated heterocycles. The number of rotatable bonds is 8. The van der Waals surface area contributed by atoms with Crippen LogP contribution in [0, 0.1) is 17.3 Å². The Kier molecular flexibility index (Phi) is 8.20. The molecule has 8 heteroatoms. The van der Waals surface area contributed by atoms with E-state index in [1.54, 1.807) is 38.5 Å². The van der Waals surface area contributed by atoms with Gasteiger partial charge in [0, 0.05) is 24.1 Å². The largest absolute Gasteiger partial charge is 0.493 e. The zero-order chi connectivity index (χ0) is 29.4. The molecule has 226 valence electrons. The fraction of sp³-hybridized carbons (Fsp3) is 0.588. The molecule has 0 aromatic heterocycles. The first-order chi connectivity index (χ1) is 20.3. The summed E-state index contributed by atoms with van der Waals surface area (Å²) < 4.78 is 23.8. The molecular formula is C34H44N2O6. The maximum atomic E-state index is 13.6. The van der Waals surface area contributed by atoms with E-state index in [2.05, 4.69) is 29.3 Å². The van der Waals surface area contributed by atoms with E-state index in [-0.39, 0.29) is 35.4 Å². The number of carbonyl (C=O) groups excluding carboxylic acids is 2. The smallest absolute Gasteiger partial charge is 0.338 e. The summed E-state index contributed by atoms with van der Waals surface area (Å²) in [5, 5.41) is 2.96. The van der Waals surface area contributed by atoms with Crippen LogP contribution in [0.5, 0.6) is 11.5 Å². The van der Waals surface area contributed by atoms with E-state index >= 15 is 0 Å². The lowest BCUT2D eigenvalue weighted by Crippen LogP contribution is -2.51. The quantitative estimate of drug-likeness (QED) is 0.419. The molecule has 4 aliphatic rings. The van der Waals surface area contributed by atoms with Gasteiger partial charge in [0.2, 0.25) is 5.91 Å². The lowest BCUT2D eigenvalue weighted by Gasteiger charge is -2.53.